The van der Waals surface area contributed by atoms with Crippen LogP contribution < -0.4 is 16.4 Å². The average Bonchev–Trinajstić information content (AvgIpc) is 3.75. The Balaban J connectivity index is 1.37. The Labute approximate surface area is 364 Å². The van der Waals surface area contributed by atoms with Crippen molar-refractivity contribution in [2.24, 2.45) is 5.41 Å². The van der Waals surface area contributed by atoms with E-state index in [-0.39, 0.29) is 48.0 Å². The number of carbonyl (C=O) groups is 4. The van der Waals surface area contributed by atoms with Crippen LogP contribution in [-0.4, -0.2) is 134 Å². The number of phosphoric ester groups is 3. The molecule has 3 heterocycles. The summed E-state index contributed by atoms with van der Waals surface area (Å²) < 4.78 is 62.2. The lowest BCUT2D eigenvalue weighted by atomic mass is 9.87. The molecule has 0 aromatic carbocycles. The van der Waals surface area contributed by atoms with Crippen LogP contribution in [0.25, 0.3) is 11.2 Å². The summed E-state index contributed by atoms with van der Waals surface area (Å²) in [6.45, 7) is 0.412. The Morgan fingerprint density at radius 1 is 0.968 bits per heavy atom. The maximum absolute atomic E-state index is 12.7. The topological polar surface area (TPSA) is 401 Å². The third-order valence-corrected chi connectivity index (χ3v) is 12.7. The molecule has 1 aliphatic heterocycles. The number of allylic oxidation sites excluding steroid dienone is 4. The molecule has 7 atom stereocenters. The fourth-order valence-corrected chi connectivity index (χ4v) is 9.00. The lowest BCUT2D eigenvalue weighted by molar-refractivity contribution is -0.137. The van der Waals surface area contributed by atoms with E-state index >= 15 is 0 Å². The van der Waals surface area contributed by atoms with E-state index in [1.54, 1.807) is 12.2 Å². The number of rotatable bonds is 28. The summed E-state index contributed by atoms with van der Waals surface area (Å²) in [4.78, 5) is 98.4. The standard InChI is InChI=1S/C33H52N7O19P3S/c1-33(2,28(46)31(47)36-14-13-22(41)35-15-16-63-24(44)12-10-8-6-4-3-5-7-9-11-23(42)43)18-56-62(53,54)59-61(51,52)55-17-21-27(58-60(48,49)50)26(45)32(57-21)40-20-39-25-29(34)37-19-38-30(25)40/h3-5,7,19-21,26-28,32,45-46H,6,8-18H2,1-2H3,(H,35,41)(H,36,47)(H,42,43)(H,51,52)(H,53,54)(H2,34,37,38)(H2,48,49,50)/b4-3+,7-5+. The summed E-state index contributed by atoms with van der Waals surface area (Å²) in [7, 11) is -16.4. The number of amides is 2. The van der Waals surface area contributed by atoms with Crippen LogP contribution in [0.4, 0.5) is 5.82 Å². The number of thioether (sulfide) groups is 1. The highest BCUT2D eigenvalue weighted by molar-refractivity contribution is 8.13. The number of nitrogens with zero attached hydrogens (tertiary/aromatic N) is 4. The number of carboxylic acid groups (broad SMARTS) is 1. The van der Waals surface area contributed by atoms with E-state index < -0.39 is 90.5 Å². The fraction of sp³-hybridized carbons (Fsp3) is 0.606. The van der Waals surface area contributed by atoms with Crippen LogP contribution in [-0.2, 0) is 55.5 Å². The molecule has 1 fully saturated rings. The summed E-state index contributed by atoms with van der Waals surface area (Å²) in [5.41, 5.74) is 4.24. The van der Waals surface area contributed by atoms with Gasteiger partial charge in [0, 0.05) is 43.5 Å². The number of phosphoric acid groups is 3. The van der Waals surface area contributed by atoms with Crippen molar-refractivity contribution in [2.75, 3.05) is 37.8 Å². The van der Waals surface area contributed by atoms with E-state index in [0.717, 1.165) is 41.8 Å². The van der Waals surface area contributed by atoms with Crippen molar-refractivity contribution in [3.8, 4) is 0 Å². The Kier molecular flexibility index (Phi) is 21.1. The predicted octanol–water partition coefficient (Wildman–Crippen LogP) is 1.20. The third kappa shape index (κ3) is 18.9. The quantitative estimate of drug-likeness (QED) is 0.0325. The molecule has 2 amide bonds. The molecule has 11 N–H and O–H groups in total. The van der Waals surface area contributed by atoms with Crippen LogP contribution in [0.15, 0.2) is 37.0 Å². The number of aliphatic carboxylic acids is 1. The first-order valence-electron chi connectivity index (χ1n) is 19.0. The highest BCUT2D eigenvalue weighted by Crippen LogP contribution is 2.61. The van der Waals surface area contributed by atoms with Gasteiger partial charge in [-0.3, -0.25) is 37.3 Å². The van der Waals surface area contributed by atoms with Crippen molar-refractivity contribution >= 4 is 75.1 Å². The van der Waals surface area contributed by atoms with E-state index in [1.165, 1.54) is 13.8 Å². The fourth-order valence-electron chi connectivity index (χ4n) is 5.46. The van der Waals surface area contributed by atoms with E-state index in [4.69, 9.17) is 24.6 Å². The van der Waals surface area contributed by atoms with Gasteiger partial charge in [0.05, 0.1) is 19.5 Å². The van der Waals surface area contributed by atoms with Gasteiger partial charge in [-0.25, -0.2) is 28.6 Å². The number of imidazole rings is 1. The van der Waals surface area contributed by atoms with Gasteiger partial charge >= 0.3 is 29.4 Å². The summed E-state index contributed by atoms with van der Waals surface area (Å²) in [6, 6.07) is 0. The number of unbranched alkanes of at least 4 members (excludes halogenated alkanes) is 2. The Bertz CT molecular complexity index is 2090. The van der Waals surface area contributed by atoms with Gasteiger partial charge in [0.2, 0.25) is 11.8 Å². The molecular weight excluding hydrogens is 923 g/mol. The van der Waals surface area contributed by atoms with Gasteiger partial charge in [-0.2, -0.15) is 4.31 Å². The molecule has 0 bridgehead atoms. The molecule has 0 radical (unpaired) electrons. The molecule has 30 heteroatoms. The van der Waals surface area contributed by atoms with E-state index in [1.807, 2.05) is 12.2 Å². The maximum Gasteiger partial charge on any atom is 0.481 e. The SMILES string of the molecule is CC(C)(COP(=O)(O)OP(=O)(O)OCC1OC(n2cnc3c(N)ncnc32)C(O)C1OP(=O)(O)O)C(O)C(=O)NCCC(=O)NCCSC(=O)CCCC/C=C/C=C/CCC(=O)O. The highest BCUT2D eigenvalue weighted by Gasteiger charge is 2.50. The lowest BCUT2D eigenvalue weighted by Crippen LogP contribution is -2.46. The predicted molar refractivity (Wildman–Crippen MR) is 221 cm³/mol. The second kappa shape index (κ2) is 24.7. The van der Waals surface area contributed by atoms with Gasteiger partial charge < -0.3 is 56.0 Å². The average molecular weight is 976 g/mol. The molecule has 0 saturated carbocycles. The lowest BCUT2D eigenvalue weighted by Gasteiger charge is -2.30. The minimum Gasteiger partial charge on any atom is -0.481 e. The van der Waals surface area contributed by atoms with Gasteiger partial charge in [-0.05, 0) is 25.7 Å². The van der Waals surface area contributed by atoms with Crippen molar-refractivity contribution in [1.82, 2.24) is 30.2 Å². The zero-order chi connectivity index (χ0) is 47.0. The van der Waals surface area contributed by atoms with Gasteiger partial charge in [-0.1, -0.05) is 49.9 Å². The Morgan fingerprint density at radius 3 is 2.33 bits per heavy atom. The summed E-state index contributed by atoms with van der Waals surface area (Å²) in [5, 5.41) is 35.0. The first-order valence-corrected chi connectivity index (χ1v) is 24.5. The van der Waals surface area contributed by atoms with Crippen LogP contribution in [0.5, 0.6) is 0 Å². The number of anilines is 1. The molecule has 0 spiro atoms. The number of nitrogens with two attached hydrogens (primary N) is 1. The van der Waals surface area contributed by atoms with Crippen molar-refractivity contribution in [1.29, 1.82) is 0 Å². The number of aliphatic hydroxyl groups is 2. The number of carboxylic acids is 1. The molecular formula is C33H52N7O19P3S. The van der Waals surface area contributed by atoms with Crippen molar-refractivity contribution in [2.45, 2.75) is 89.4 Å². The van der Waals surface area contributed by atoms with E-state index in [0.29, 0.717) is 25.0 Å². The third-order valence-electron chi connectivity index (χ3n) is 8.67. The van der Waals surface area contributed by atoms with Crippen LogP contribution >= 0.6 is 35.2 Å². The smallest absolute Gasteiger partial charge is 0.481 e. The zero-order valence-electron chi connectivity index (χ0n) is 34.0. The van der Waals surface area contributed by atoms with Gasteiger partial charge in [0.1, 0.15) is 36.3 Å². The molecule has 2 aromatic heterocycles. The van der Waals surface area contributed by atoms with E-state index in [9.17, 15) is 62.7 Å². The Hall–Kier alpha value is -3.49. The minimum absolute atomic E-state index is 0.0239. The zero-order valence-corrected chi connectivity index (χ0v) is 37.5. The van der Waals surface area contributed by atoms with E-state index in [2.05, 4.69) is 34.4 Å². The second-order valence-corrected chi connectivity index (χ2v) is 19.7. The minimum atomic E-state index is -5.59. The number of fused-ring (bicyclic) bond motifs is 1. The number of hydrogen-bond donors (Lipinski definition) is 10. The number of aliphatic hydroxyl groups excluding tert-OH is 2. The molecule has 26 nitrogen and oxygen atoms in total. The van der Waals surface area contributed by atoms with Gasteiger partial charge in [0.25, 0.3) is 0 Å². The monoisotopic (exact) mass is 975 g/mol. The number of hydrogen-bond acceptors (Lipinski definition) is 19. The first kappa shape index (κ1) is 53.8. The Morgan fingerprint density at radius 2 is 1.65 bits per heavy atom. The molecule has 354 valence electrons. The molecule has 63 heavy (non-hydrogen) atoms. The molecule has 1 aliphatic rings. The first-order chi connectivity index (χ1) is 29.4. The molecule has 1 saturated heterocycles. The summed E-state index contributed by atoms with van der Waals surface area (Å²) >= 11 is 1.07. The summed E-state index contributed by atoms with van der Waals surface area (Å²) in [5.74, 6) is -2.02. The second-order valence-electron chi connectivity index (χ2n) is 14.3. The summed E-state index contributed by atoms with van der Waals surface area (Å²) in [6.07, 6.45) is 3.45. The normalized spacial score (nSPS) is 20.8. The molecule has 0 aliphatic carbocycles. The number of aromatic nitrogens is 4. The van der Waals surface area contributed by atoms with Crippen LogP contribution in [0.3, 0.4) is 0 Å². The number of carbonyl (C=O) groups excluding carboxylic acids is 3. The molecule has 7 unspecified atom stereocenters. The number of nitrogen functional groups attached to an aromatic ring is 1. The van der Waals surface area contributed by atoms with Gasteiger partial charge in [0.15, 0.2) is 22.8 Å². The van der Waals surface area contributed by atoms with Crippen LogP contribution in [0.2, 0.25) is 0 Å². The maximum atomic E-state index is 12.7. The highest BCUT2D eigenvalue weighted by atomic mass is 32.2. The number of nitrogens with one attached hydrogen (secondary N) is 2. The largest absolute Gasteiger partial charge is 0.481 e. The molecule has 3 rings (SSSR count). The van der Waals surface area contributed by atoms with Crippen molar-refractivity contribution < 1.29 is 90.4 Å². The van der Waals surface area contributed by atoms with Crippen LogP contribution in [0, 0.1) is 5.41 Å². The van der Waals surface area contributed by atoms with Crippen LogP contribution in [0.1, 0.15) is 65.0 Å². The van der Waals surface area contributed by atoms with Crippen molar-refractivity contribution in [3.05, 3.63) is 37.0 Å². The van der Waals surface area contributed by atoms with Gasteiger partial charge in [-0.15, -0.1) is 0 Å². The molecule has 2 aromatic rings. The number of ether oxygens (including phenoxy) is 1. The van der Waals surface area contributed by atoms with Crippen molar-refractivity contribution in [3.63, 3.8) is 0 Å².